The first-order valence-corrected chi connectivity index (χ1v) is 7.34. The maximum Gasteiger partial charge on any atom is 0.287 e. The molecule has 0 spiro atoms. The number of fused-ring (bicyclic) bond motifs is 3. The van der Waals surface area contributed by atoms with E-state index in [0.29, 0.717) is 18.2 Å². The van der Waals surface area contributed by atoms with Crippen molar-refractivity contribution in [3.05, 3.63) is 48.2 Å². The molecule has 3 aromatic rings. The second-order valence-electron chi connectivity index (χ2n) is 5.75. The zero-order chi connectivity index (χ0) is 14.8. The van der Waals surface area contributed by atoms with E-state index in [4.69, 9.17) is 4.42 Å². The quantitative estimate of drug-likeness (QED) is 0.772. The molecule has 1 amide bonds. The molecular weight excluding hydrogens is 262 g/mol. The number of carbonyl (C=O) groups excluding carboxylic acids is 1. The second kappa shape index (κ2) is 5.60. The van der Waals surface area contributed by atoms with E-state index in [0.717, 1.165) is 28.2 Å². The molecule has 21 heavy (non-hydrogen) atoms. The van der Waals surface area contributed by atoms with E-state index in [-0.39, 0.29) is 5.91 Å². The molecule has 0 aliphatic carbocycles. The number of amides is 1. The topological polar surface area (TPSA) is 42.2 Å². The summed E-state index contributed by atoms with van der Waals surface area (Å²) in [6.07, 6.45) is 0.967. The Morgan fingerprint density at radius 2 is 1.95 bits per heavy atom. The zero-order valence-corrected chi connectivity index (χ0v) is 12.3. The fourth-order valence-electron chi connectivity index (χ4n) is 2.47. The highest BCUT2D eigenvalue weighted by molar-refractivity contribution is 6.08. The van der Waals surface area contributed by atoms with Gasteiger partial charge in [-0.15, -0.1) is 0 Å². The Balaban J connectivity index is 1.90. The third-order valence-electron chi connectivity index (χ3n) is 3.66. The minimum Gasteiger partial charge on any atom is -0.451 e. The molecule has 0 saturated heterocycles. The lowest BCUT2D eigenvalue weighted by Gasteiger charge is -2.04. The van der Waals surface area contributed by atoms with Gasteiger partial charge in [-0.25, -0.2) is 0 Å². The van der Waals surface area contributed by atoms with E-state index in [1.165, 1.54) is 0 Å². The number of furan rings is 1. The lowest BCUT2D eigenvalue weighted by Crippen LogP contribution is -2.24. The molecule has 108 valence electrons. The summed E-state index contributed by atoms with van der Waals surface area (Å²) in [6.45, 7) is 4.95. The standard InChI is InChI=1S/C18H19NO2/c1-12(2)9-10-19-18(20)17-11-15-14-6-4-3-5-13(14)7-8-16(15)21-17/h3-8,11-12H,9-10H2,1-2H3,(H,19,20). The summed E-state index contributed by atoms with van der Waals surface area (Å²) >= 11 is 0. The van der Waals surface area contributed by atoms with Crippen LogP contribution in [0, 0.1) is 5.92 Å². The first kappa shape index (κ1) is 13.7. The van der Waals surface area contributed by atoms with Gasteiger partial charge in [-0.1, -0.05) is 44.2 Å². The summed E-state index contributed by atoms with van der Waals surface area (Å²) in [5.41, 5.74) is 0.753. The van der Waals surface area contributed by atoms with Crippen molar-refractivity contribution in [1.29, 1.82) is 0 Å². The van der Waals surface area contributed by atoms with Crippen molar-refractivity contribution in [2.75, 3.05) is 6.54 Å². The molecular formula is C18H19NO2. The van der Waals surface area contributed by atoms with Crippen LogP contribution < -0.4 is 5.32 Å². The summed E-state index contributed by atoms with van der Waals surface area (Å²) in [7, 11) is 0. The Kier molecular flexibility index (Phi) is 3.65. The number of nitrogens with one attached hydrogen (secondary N) is 1. The van der Waals surface area contributed by atoms with Gasteiger partial charge in [0.2, 0.25) is 0 Å². The van der Waals surface area contributed by atoms with Crippen molar-refractivity contribution in [1.82, 2.24) is 5.32 Å². The summed E-state index contributed by atoms with van der Waals surface area (Å²) in [5.74, 6) is 0.811. The molecule has 1 heterocycles. The lowest BCUT2D eigenvalue weighted by molar-refractivity contribution is 0.0926. The average Bonchev–Trinajstić information content (AvgIpc) is 2.91. The van der Waals surface area contributed by atoms with Crippen LogP contribution in [0.25, 0.3) is 21.7 Å². The number of benzene rings is 2. The fourth-order valence-corrected chi connectivity index (χ4v) is 2.47. The molecule has 0 saturated carbocycles. The summed E-state index contributed by atoms with van der Waals surface area (Å²) in [6, 6.07) is 13.9. The number of rotatable bonds is 4. The minimum absolute atomic E-state index is 0.143. The predicted octanol–water partition coefficient (Wildman–Crippen LogP) is 4.36. The molecule has 3 rings (SSSR count). The van der Waals surface area contributed by atoms with Crippen LogP contribution in [0.2, 0.25) is 0 Å². The lowest BCUT2D eigenvalue weighted by atomic mass is 10.1. The van der Waals surface area contributed by atoms with Crippen molar-refractivity contribution in [3.8, 4) is 0 Å². The second-order valence-corrected chi connectivity index (χ2v) is 5.75. The van der Waals surface area contributed by atoms with Crippen LogP contribution in [0.5, 0.6) is 0 Å². The van der Waals surface area contributed by atoms with Gasteiger partial charge in [0.15, 0.2) is 5.76 Å². The Morgan fingerprint density at radius 3 is 2.76 bits per heavy atom. The highest BCUT2D eigenvalue weighted by Crippen LogP contribution is 2.28. The van der Waals surface area contributed by atoms with Crippen LogP contribution in [0.4, 0.5) is 0 Å². The summed E-state index contributed by atoms with van der Waals surface area (Å²) in [4.78, 5) is 12.1. The van der Waals surface area contributed by atoms with Gasteiger partial charge in [0.1, 0.15) is 5.58 Å². The number of carbonyl (C=O) groups is 1. The first-order chi connectivity index (χ1) is 10.1. The number of hydrogen-bond donors (Lipinski definition) is 1. The van der Waals surface area contributed by atoms with Gasteiger partial charge in [-0.3, -0.25) is 4.79 Å². The van der Waals surface area contributed by atoms with Gasteiger partial charge in [-0.2, -0.15) is 0 Å². The largest absolute Gasteiger partial charge is 0.451 e. The van der Waals surface area contributed by atoms with Gasteiger partial charge >= 0.3 is 0 Å². The van der Waals surface area contributed by atoms with E-state index in [9.17, 15) is 4.79 Å². The van der Waals surface area contributed by atoms with Crippen LogP contribution in [0.3, 0.4) is 0 Å². The van der Waals surface area contributed by atoms with Crippen molar-refractivity contribution in [2.24, 2.45) is 5.92 Å². The molecule has 0 unspecified atom stereocenters. The first-order valence-electron chi connectivity index (χ1n) is 7.34. The molecule has 0 aliphatic heterocycles. The number of hydrogen-bond acceptors (Lipinski definition) is 2. The highest BCUT2D eigenvalue weighted by Gasteiger charge is 2.13. The van der Waals surface area contributed by atoms with Crippen LogP contribution >= 0.6 is 0 Å². The Hall–Kier alpha value is -2.29. The molecule has 0 atom stereocenters. The van der Waals surface area contributed by atoms with Gasteiger partial charge in [0.05, 0.1) is 0 Å². The van der Waals surface area contributed by atoms with E-state index in [1.54, 1.807) is 0 Å². The maximum absolute atomic E-state index is 12.1. The van der Waals surface area contributed by atoms with Gasteiger partial charge in [0.25, 0.3) is 5.91 Å². The molecule has 3 nitrogen and oxygen atoms in total. The van der Waals surface area contributed by atoms with Gasteiger partial charge in [-0.05, 0) is 35.2 Å². The molecule has 1 aromatic heterocycles. The molecule has 1 N–H and O–H groups in total. The van der Waals surface area contributed by atoms with E-state index >= 15 is 0 Å². The monoisotopic (exact) mass is 281 g/mol. The average molecular weight is 281 g/mol. The Morgan fingerprint density at radius 1 is 1.14 bits per heavy atom. The van der Waals surface area contributed by atoms with E-state index in [1.807, 2.05) is 36.4 Å². The van der Waals surface area contributed by atoms with E-state index < -0.39 is 0 Å². The maximum atomic E-state index is 12.1. The third-order valence-corrected chi connectivity index (χ3v) is 3.66. The Bertz CT molecular complexity index is 786. The molecule has 0 bridgehead atoms. The molecule has 2 aromatic carbocycles. The van der Waals surface area contributed by atoms with Gasteiger partial charge < -0.3 is 9.73 Å². The predicted molar refractivity (Wildman–Crippen MR) is 85.5 cm³/mol. The highest BCUT2D eigenvalue weighted by atomic mass is 16.3. The Labute approximate surface area is 123 Å². The third kappa shape index (κ3) is 2.77. The molecule has 0 radical (unpaired) electrons. The van der Waals surface area contributed by atoms with Gasteiger partial charge in [0, 0.05) is 11.9 Å². The zero-order valence-electron chi connectivity index (χ0n) is 12.3. The molecule has 0 fully saturated rings. The SMILES string of the molecule is CC(C)CCNC(=O)c1cc2c(ccc3ccccc32)o1. The van der Waals surface area contributed by atoms with Crippen LogP contribution in [0.15, 0.2) is 46.9 Å². The molecule has 3 heteroatoms. The summed E-state index contributed by atoms with van der Waals surface area (Å²) < 4.78 is 5.68. The molecule has 0 aliphatic rings. The van der Waals surface area contributed by atoms with Crippen LogP contribution in [-0.4, -0.2) is 12.5 Å². The van der Waals surface area contributed by atoms with Crippen LogP contribution in [-0.2, 0) is 0 Å². The van der Waals surface area contributed by atoms with Crippen molar-refractivity contribution in [3.63, 3.8) is 0 Å². The normalized spacial score (nSPS) is 11.4. The fraction of sp³-hybridized carbons (Fsp3) is 0.278. The van der Waals surface area contributed by atoms with Crippen molar-refractivity contribution in [2.45, 2.75) is 20.3 Å². The van der Waals surface area contributed by atoms with Crippen molar-refractivity contribution < 1.29 is 9.21 Å². The van der Waals surface area contributed by atoms with Crippen molar-refractivity contribution >= 4 is 27.6 Å². The van der Waals surface area contributed by atoms with E-state index in [2.05, 4.69) is 25.2 Å². The minimum atomic E-state index is -0.143. The summed E-state index contributed by atoms with van der Waals surface area (Å²) in [5, 5.41) is 6.16. The van der Waals surface area contributed by atoms with Crippen LogP contribution in [0.1, 0.15) is 30.8 Å². The smallest absolute Gasteiger partial charge is 0.287 e.